The van der Waals surface area contributed by atoms with E-state index in [0.29, 0.717) is 4.77 Å². The number of rotatable bonds is 3. The fourth-order valence-electron chi connectivity index (χ4n) is 1.85. The zero-order valence-electron chi connectivity index (χ0n) is 10.4. The Bertz CT molecular complexity index is 581. The summed E-state index contributed by atoms with van der Waals surface area (Å²) in [7, 11) is 0. The van der Waals surface area contributed by atoms with Crippen LogP contribution < -0.4 is 0 Å². The van der Waals surface area contributed by atoms with Gasteiger partial charge in [-0.2, -0.15) is 5.10 Å². The van der Waals surface area contributed by atoms with E-state index in [1.807, 2.05) is 4.57 Å². The molecule has 0 aliphatic rings. The number of H-pyrrole nitrogens is 1. The lowest BCUT2D eigenvalue weighted by molar-refractivity contribution is 0.801. The standard InChI is InChI=1S/C13H17N3S/c1-4-5-12-14-15-13(17)16(12)11-7-6-9(2)10(3)8-11/h6-8H,4-5H2,1-3H3,(H,15,17). The molecule has 1 N–H and O–H groups in total. The van der Waals surface area contributed by atoms with Gasteiger partial charge in [0.2, 0.25) is 0 Å². The quantitative estimate of drug-likeness (QED) is 0.842. The van der Waals surface area contributed by atoms with Crippen LogP contribution in [0.4, 0.5) is 0 Å². The van der Waals surface area contributed by atoms with E-state index >= 15 is 0 Å². The van der Waals surface area contributed by atoms with Crippen LogP contribution >= 0.6 is 12.2 Å². The van der Waals surface area contributed by atoms with Gasteiger partial charge in [-0.3, -0.25) is 9.67 Å². The first kappa shape index (κ1) is 12.0. The highest BCUT2D eigenvalue weighted by Gasteiger charge is 2.07. The van der Waals surface area contributed by atoms with Crippen LogP contribution in [-0.4, -0.2) is 14.8 Å². The average Bonchev–Trinajstić information content (AvgIpc) is 2.65. The number of nitrogens with one attached hydrogen (secondary N) is 1. The maximum atomic E-state index is 5.29. The molecule has 0 aliphatic heterocycles. The monoisotopic (exact) mass is 247 g/mol. The van der Waals surface area contributed by atoms with Crippen molar-refractivity contribution in [2.24, 2.45) is 0 Å². The highest BCUT2D eigenvalue weighted by Crippen LogP contribution is 2.16. The van der Waals surface area contributed by atoms with Crippen molar-refractivity contribution in [3.63, 3.8) is 0 Å². The molecule has 0 unspecified atom stereocenters. The Kier molecular flexibility index (Phi) is 3.43. The van der Waals surface area contributed by atoms with Crippen molar-refractivity contribution in [1.82, 2.24) is 14.8 Å². The van der Waals surface area contributed by atoms with Gasteiger partial charge >= 0.3 is 0 Å². The van der Waals surface area contributed by atoms with E-state index in [2.05, 4.69) is 49.2 Å². The van der Waals surface area contributed by atoms with Gasteiger partial charge < -0.3 is 0 Å². The number of hydrogen-bond acceptors (Lipinski definition) is 2. The second-order valence-electron chi connectivity index (χ2n) is 4.30. The molecular formula is C13H17N3S. The second kappa shape index (κ2) is 4.84. The van der Waals surface area contributed by atoms with E-state index in [1.165, 1.54) is 11.1 Å². The van der Waals surface area contributed by atoms with Crippen LogP contribution in [0.5, 0.6) is 0 Å². The summed E-state index contributed by atoms with van der Waals surface area (Å²) in [6.07, 6.45) is 1.99. The topological polar surface area (TPSA) is 33.6 Å². The first-order chi connectivity index (χ1) is 8.13. The minimum Gasteiger partial charge on any atom is -0.272 e. The molecule has 0 saturated heterocycles. The van der Waals surface area contributed by atoms with E-state index in [4.69, 9.17) is 12.2 Å². The summed E-state index contributed by atoms with van der Waals surface area (Å²) in [5, 5.41) is 7.15. The fourth-order valence-corrected chi connectivity index (χ4v) is 2.11. The highest BCUT2D eigenvalue weighted by molar-refractivity contribution is 7.71. The fraction of sp³-hybridized carbons (Fsp3) is 0.385. The highest BCUT2D eigenvalue weighted by atomic mass is 32.1. The molecule has 0 bridgehead atoms. The van der Waals surface area contributed by atoms with E-state index in [1.54, 1.807) is 0 Å². The lowest BCUT2D eigenvalue weighted by Crippen LogP contribution is -2.02. The molecule has 0 spiro atoms. The minimum absolute atomic E-state index is 0.664. The SMILES string of the molecule is CCCc1n[nH]c(=S)n1-c1ccc(C)c(C)c1. The third-order valence-corrected chi connectivity index (χ3v) is 3.24. The molecule has 90 valence electrons. The molecule has 0 amide bonds. The zero-order valence-corrected chi connectivity index (χ0v) is 11.3. The summed E-state index contributed by atoms with van der Waals surface area (Å²) in [6.45, 7) is 6.37. The Balaban J connectivity index is 2.55. The number of benzene rings is 1. The van der Waals surface area contributed by atoms with Gasteiger partial charge in [0.05, 0.1) is 0 Å². The summed E-state index contributed by atoms with van der Waals surface area (Å²) < 4.78 is 2.68. The Morgan fingerprint density at radius 1 is 1.29 bits per heavy atom. The lowest BCUT2D eigenvalue weighted by atomic mass is 10.1. The summed E-state index contributed by atoms with van der Waals surface area (Å²) >= 11 is 5.29. The molecule has 2 rings (SSSR count). The smallest absolute Gasteiger partial charge is 0.199 e. The molecule has 0 aliphatic carbocycles. The van der Waals surface area contributed by atoms with Crippen molar-refractivity contribution in [1.29, 1.82) is 0 Å². The zero-order chi connectivity index (χ0) is 12.4. The third-order valence-electron chi connectivity index (χ3n) is 2.96. The Hall–Kier alpha value is -1.42. The third kappa shape index (κ3) is 2.31. The van der Waals surface area contributed by atoms with Gasteiger partial charge in [-0.1, -0.05) is 13.0 Å². The molecule has 0 radical (unpaired) electrons. The summed E-state index contributed by atoms with van der Waals surface area (Å²) in [5.41, 5.74) is 3.66. The predicted octanol–water partition coefficient (Wildman–Crippen LogP) is 3.50. The largest absolute Gasteiger partial charge is 0.272 e. The van der Waals surface area contributed by atoms with Crippen molar-refractivity contribution < 1.29 is 0 Å². The van der Waals surface area contributed by atoms with Crippen molar-refractivity contribution >= 4 is 12.2 Å². The first-order valence-electron chi connectivity index (χ1n) is 5.87. The molecular weight excluding hydrogens is 230 g/mol. The van der Waals surface area contributed by atoms with Crippen molar-refractivity contribution in [3.05, 3.63) is 39.9 Å². The number of nitrogens with zero attached hydrogens (tertiary/aromatic N) is 2. The number of hydrogen-bond donors (Lipinski definition) is 1. The van der Waals surface area contributed by atoms with Crippen LogP contribution in [0.1, 0.15) is 30.3 Å². The molecule has 1 heterocycles. The molecule has 4 heteroatoms. The minimum atomic E-state index is 0.664. The Morgan fingerprint density at radius 3 is 2.71 bits per heavy atom. The van der Waals surface area contributed by atoms with Crippen LogP contribution in [-0.2, 0) is 6.42 Å². The van der Waals surface area contributed by atoms with Gasteiger partial charge in [0.25, 0.3) is 0 Å². The second-order valence-corrected chi connectivity index (χ2v) is 4.69. The van der Waals surface area contributed by atoms with E-state index in [-0.39, 0.29) is 0 Å². The van der Waals surface area contributed by atoms with Crippen molar-refractivity contribution in [3.8, 4) is 5.69 Å². The maximum absolute atomic E-state index is 5.29. The van der Waals surface area contributed by atoms with E-state index in [9.17, 15) is 0 Å². The Labute approximate surface area is 106 Å². The average molecular weight is 247 g/mol. The summed E-state index contributed by atoms with van der Waals surface area (Å²) in [4.78, 5) is 0. The van der Waals surface area contributed by atoms with E-state index < -0.39 is 0 Å². The van der Waals surface area contributed by atoms with Gasteiger partial charge in [0, 0.05) is 12.1 Å². The molecule has 1 aromatic carbocycles. The lowest BCUT2D eigenvalue weighted by Gasteiger charge is -2.08. The molecule has 3 nitrogen and oxygen atoms in total. The van der Waals surface area contributed by atoms with Crippen LogP contribution in [0.15, 0.2) is 18.2 Å². The summed E-state index contributed by atoms with van der Waals surface area (Å²) in [5.74, 6) is 1.00. The summed E-state index contributed by atoms with van der Waals surface area (Å²) in [6, 6.07) is 6.36. The van der Waals surface area contributed by atoms with Crippen molar-refractivity contribution in [2.45, 2.75) is 33.6 Å². The van der Waals surface area contributed by atoms with Gasteiger partial charge in [-0.15, -0.1) is 0 Å². The van der Waals surface area contributed by atoms with Crippen LogP contribution in [0.2, 0.25) is 0 Å². The molecule has 2 aromatic rings. The van der Waals surface area contributed by atoms with E-state index in [0.717, 1.165) is 24.4 Å². The normalized spacial score (nSPS) is 10.8. The molecule has 17 heavy (non-hydrogen) atoms. The molecule has 0 atom stereocenters. The first-order valence-corrected chi connectivity index (χ1v) is 6.28. The van der Waals surface area contributed by atoms with Crippen LogP contribution in [0.25, 0.3) is 5.69 Å². The molecule has 0 fully saturated rings. The molecule has 1 aromatic heterocycles. The van der Waals surface area contributed by atoms with Gasteiger partial charge in [0.1, 0.15) is 5.82 Å². The predicted molar refractivity (Wildman–Crippen MR) is 72.2 cm³/mol. The van der Waals surface area contributed by atoms with Crippen molar-refractivity contribution in [2.75, 3.05) is 0 Å². The van der Waals surface area contributed by atoms with Crippen LogP contribution in [0.3, 0.4) is 0 Å². The Morgan fingerprint density at radius 2 is 2.06 bits per heavy atom. The number of aromatic amines is 1. The van der Waals surface area contributed by atoms with Gasteiger partial charge in [0.15, 0.2) is 4.77 Å². The van der Waals surface area contributed by atoms with Gasteiger partial charge in [-0.25, -0.2) is 0 Å². The number of aromatic nitrogens is 3. The maximum Gasteiger partial charge on any atom is 0.199 e. The van der Waals surface area contributed by atoms with Gasteiger partial charge in [-0.05, 0) is 55.7 Å². The molecule has 0 saturated carbocycles. The van der Waals surface area contributed by atoms with Crippen LogP contribution in [0, 0.1) is 18.6 Å². The number of aryl methyl sites for hydroxylation is 3.